The van der Waals surface area contributed by atoms with Gasteiger partial charge in [-0.2, -0.15) is 21.6 Å². The minimum Gasteiger partial charge on any atom is -0.275 e. The maximum absolute atomic E-state index is 12.9. The van der Waals surface area contributed by atoms with Crippen LogP contribution in [0.2, 0.25) is 0 Å². The van der Waals surface area contributed by atoms with Gasteiger partial charge in [-0.15, -0.1) is 0 Å². The van der Waals surface area contributed by atoms with Gasteiger partial charge in [-0.25, -0.2) is 5.43 Å². The Bertz CT molecular complexity index is 958. The number of halogens is 3. The van der Waals surface area contributed by atoms with Crippen LogP contribution in [0.4, 0.5) is 18.9 Å². The van der Waals surface area contributed by atoms with Crippen molar-refractivity contribution < 1.29 is 25.8 Å². The van der Waals surface area contributed by atoms with Gasteiger partial charge in [0, 0.05) is 12.7 Å². The molecule has 1 aromatic heterocycles. The van der Waals surface area contributed by atoms with E-state index in [1.807, 2.05) is 6.92 Å². The number of allylic oxidation sites excluding steroid dienone is 1. The Kier molecular flexibility index (Phi) is 7.99. The van der Waals surface area contributed by atoms with Crippen molar-refractivity contribution in [3.63, 3.8) is 0 Å². The number of hydrazine groups is 1. The number of alkyl halides is 3. The quantitative estimate of drug-likeness (QED) is 0.469. The van der Waals surface area contributed by atoms with Crippen molar-refractivity contribution in [2.45, 2.75) is 25.9 Å². The average Bonchev–Trinajstić information content (AvgIpc) is 2.65. The van der Waals surface area contributed by atoms with Gasteiger partial charge >= 0.3 is 6.18 Å². The summed E-state index contributed by atoms with van der Waals surface area (Å²) in [6.45, 7) is 1.81. The fourth-order valence-electron chi connectivity index (χ4n) is 2.68. The van der Waals surface area contributed by atoms with Crippen LogP contribution in [0.5, 0.6) is 0 Å². The van der Waals surface area contributed by atoms with Gasteiger partial charge in [0.05, 0.1) is 36.9 Å². The van der Waals surface area contributed by atoms with Crippen molar-refractivity contribution in [3.8, 4) is 0 Å². The lowest BCUT2D eigenvalue weighted by atomic mass is 10.1. The number of aromatic nitrogens is 1. The summed E-state index contributed by atoms with van der Waals surface area (Å²) in [5, 5.41) is 1.53. The first kappa shape index (κ1) is 23.8. The molecule has 0 fully saturated rings. The molecule has 164 valence electrons. The fourth-order valence-corrected chi connectivity index (χ4v) is 3.07. The summed E-state index contributed by atoms with van der Waals surface area (Å²) >= 11 is 0. The Morgan fingerprint density at radius 3 is 2.37 bits per heavy atom. The summed E-state index contributed by atoms with van der Waals surface area (Å²) in [7, 11) is -1.91. The van der Waals surface area contributed by atoms with E-state index in [9.17, 15) is 21.6 Å². The van der Waals surface area contributed by atoms with Crippen LogP contribution in [0.15, 0.2) is 48.7 Å². The molecule has 6 nitrogen and oxygen atoms in total. The Hall–Kier alpha value is -2.43. The molecule has 0 spiro atoms. The lowest BCUT2D eigenvalue weighted by Crippen LogP contribution is -2.33. The lowest BCUT2D eigenvalue weighted by Gasteiger charge is -2.27. The van der Waals surface area contributed by atoms with Crippen molar-refractivity contribution in [2.24, 2.45) is 0 Å². The zero-order valence-corrected chi connectivity index (χ0v) is 17.7. The molecule has 2 rings (SSSR count). The van der Waals surface area contributed by atoms with Crippen molar-refractivity contribution in [3.05, 3.63) is 65.5 Å². The predicted octanol–water partition coefficient (Wildman–Crippen LogP) is 3.84. The van der Waals surface area contributed by atoms with E-state index in [1.165, 1.54) is 5.01 Å². The first-order valence-corrected chi connectivity index (χ1v) is 10.9. The van der Waals surface area contributed by atoms with Gasteiger partial charge in [-0.1, -0.05) is 24.3 Å². The second-order valence-corrected chi connectivity index (χ2v) is 8.24. The molecule has 0 radical (unpaired) electrons. The Morgan fingerprint density at radius 1 is 1.20 bits per heavy atom. The summed E-state index contributed by atoms with van der Waals surface area (Å²) in [6.07, 6.45) is -1.43. The van der Waals surface area contributed by atoms with Gasteiger partial charge in [-0.05, 0) is 42.7 Å². The van der Waals surface area contributed by atoms with E-state index in [0.29, 0.717) is 23.4 Å². The van der Waals surface area contributed by atoms with Gasteiger partial charge in [0.15, 0.2) is 0 Å². The third-order valence-electron chi connectivity index (χ3n) is 4.08. The largest absolute Gasteiger partial charge is 0.392 e. The zero-order valence-electron chi connectivity index (χ0n) is 16.9. The number of nitrogens with one attached hydrogen (secondary N) is 1. The Morgan fingerprint density at radius 2 is 1.87 bits per heavy atom. The number of aryl methyl sites for hydroxylation is 1. The molecular formula is C20H24F3N3O3S. The molecule has 0 amide bonds. The number of hydrogen-bond acceptors (Lipinski definition) is 6. The first-order chi connectivity index (χ1) is 14.0. The van der Waals surface area contributed by atoms with Gasteiger partial charge in [0.25, 0.3) is 10.1 Å². The predicted molar refractivity (Wildman–Crippen MR) is 110 cm³/mol. The summed E-state index contributed by atoms with van der Waals surface area (Å²) in [6, 6.07) is 10.4. The molecule has 0 aliphatic rings. The summed E-state index contributed by atoms with van der Waals surface area (Å²) in [4.78, 5) is 4.21. The minimum atomic E-state index is -4.35. The van der Waals surface area contributed by atoms with Crippen LogP contribution in [0, 0.1) is 6.92 Å². The number of benzene rings is 1. The van der Waals surface area contributed by atoms with Gasteiger partial charge in [0.2, 0.25) is 0 Å². The molecule has 0 atom stereocenters. The average molecular weight is 443 g/mol. The highest BCUT2D eigenvalue weighted by Gasteiger charge is 2.26. The van der Waals surface area contributed by atoms with Crippen molar-refractivity contribution in [1.29, 1.82) is 0 Å². The van der Waals surface area contributed by atoms with Gasteiger partial charge in [-0.3, -0.25) is 14.2 Å². The number of nitrogens with zero attached hydrogens (tertiary/aromatic N) is 2. The summed E-state index contributed by atoms with van der Waals surface area (Å²) in [5.41, 5.74) is 5.96. The molecule has 0 saturated carbocycles. The standard InChI is InChI=1S/C20H24F3N3O3S/c1-15-4-9-18(14-25-15)26(24-2)19(10-12-20(21,22)23)17-7-5-16(6-8-17)11-13-29-30(3,27)28/h4-10,14,24H,11-13H2,1-3H3/b19-10-. The highest BCUT2D eigenvalue weighted by atomic mass is 32.2. The number of rotatable bonds is 9. The summed E-state index contributed by atoms with van der Waals surface area (Å²) in [5.74, 6) is 0. The molecule has 0 aliphatic carbocycles. The van der Waals surface area contributed by atoms with E-state index in [0.717, 1.165) is 23.6 Å². The van der Waals surface area contributed by atoms with E-state index < -0.39 is 22.7 Å². The van der Waals surface area contributed by atoms with E-state index in [2.05, 4.69) is 10.4 Å². The highest BCUT2D eigenvalue weighted by molar-refractivity contribution is 7.85. The smallest absolute Gasteiger partial charge is 0.275 e. The third-order valence-corrected chi connectivity index (χ3v) is 4.68. The molecule has 1 heterocycles. The van der Waals surface area contributed by atoms with E-state index >= 15 is 0 Å². The highest BCUT2D eigenvalue weighted by Crippen LogP contribution is 2.28. The molecule has 1 N–H and O–H groups in total. The van der Waals surface area contributed by atoms with Crippen molar-refractivity contribution in [2.75, 3.05) is 24.9 Å². The van der Waals surface area contributed by atoms with E-state index in [1.54, 1.807) is 49.6 Å². The maximum Gasteiger partial charge on any atom is 0.392 e. The van der Waals surface area contributed by atoms with Crippen LogP contribution < -0.4 is 10.4 Å². The molecule has 2 aromatic rings. The Labute approximate surface area is 174 Å². The van der Waals surface area contributed by atoms with Gasteiger partial charge in [0.1, 0.15) is 0 Å². The van der Waals surface area contributed by atoms with Crippen molar-refractivity contribution >= 4 is 21.5 Å². The zero-order chi connectivity index (χ0) is 22.4. The van der Waals surface area contributed by atoms with Crippen molar-refractivity contribution in [1.82, 2.24) is 10.4 Å². The van der Waals surface area contributed by atoms with Crippen LogP contribution in [-0.4, -0.2) is 39.5 Å². The van der Waals surface area contributed by atoms with E-state index in [4.69, 9.17) is 4.18 Å². The monoisotopic (exact) mass is 443 g/mol. The number of anilines is 1. The molecule has 0 unspecified atom stereocenters. The lowest BCUT2D eigenvalue weighted by molar-refractivity contribution is -0.124. The van der Waals surface area contributed by atoms with Gasteiger partial charge < -0.3 is 0 Å². The molecule has 30 heavy (non-hydrogen) atoms. The first-order valence-electron chi connectivity index (χ1n) is 9.09. The molecule has 0 aliphatic heterocycles. The van der Waals surface area contributed by atoms with Crippen LogP contribution in [0.1, 0.15) is 23.2 Å². The second-order valence-electron chi connectivity index (χ2n) is 6.60. The fraction of sp³-hybridized carbons (Fsp3) is 0.350. The number of hydrogen-bond donors (Lipinski definition) is 1. The van der Waals surface area contributed by atoms with Crippen LogP contribution in [0.25, 0.3) is 5.70 Å². The molecule has 0 saturated heterocycles. The normalized spacial score (nSPS) is 12.8. The maximum atomic E-state index is 12.9. The molecule has 10 heteroatoms. The van der Waals surface area contributed by atoms with E-state index in [-0.39, 0.29) is 6.61 Å². The molecule has 1 aromatic carbocycles. The third kappa shape index (κ3) is 7.77. The van der Waals surface area contributed by atoms with Crippen LogP contribution >= 0.6 is 0 Å². The van der Waals surface area contributed by atoms with Crippen LogP contribution in [0.3, 0.4) is 0 Å². The molecular weight excluding hydrogens is 419 g/mol. The second kappa shape index (κ2) is 10.1. The summed E-state index contributed by atoms with van der Waals surface area (Å²) < 4.78 is 65.5. The minimum absolute atomic E-state index is 0.00731. The Balaban J connectivity index is 2.31. The number of pyridine rings is 1. The molecule has 0 bridgehead atoms. The topological polar surface area (TPSA) is 71.5 Å². The SMILES string of the molecule is CNN(/C(=C\CC(F)(F)F)c1ccc(CCOS(C)(=O)=O)cc1)c1ccc(C)nc1. The van der Waals surface area contributed by atoms with Crippen LogP contribution in [-0.2, 0) is 20.7 Å².